The van der Waals surface area contributed by atoms with Gasteiger partial charge in [-0.15, -0.1) is 0 Å². The van der Waals surface area contributed by atoms with Crippen molar-refractivity contribution in [2.45, 2.75) is 264 Å². The van der Waals surface area contributed by atoms with E-state index in [9.17, 15) is 14.4 Å². The molecule has 0 saturated carbocycles. The van der Waals surface area contributed by atoms with Crippen molar-refractivity contribution in [3.05, 3.63) is 48.6 Å². The van der Waals surface area contributed by atoms with E-state index in [0.717, 1.165) is 96.3 Å². The van der Waals surface area contributed by atoms with Crippen molar-refractivity contribution in [3.63, 3.8) is 0 Å². The summed E-state index contributed by atoms with van der Waals surface area (Å²) < 4.78 is 16.8. The first kappa shape index (κ1) is 57.4. The third-order valence-electron chi connectivity index (χ3n) is 11.1. The molecule has 348 valence electrons. The standard InChI is InChI=1S/C54H96O6/c1-4-7-10-13-16-19-22-24-26-27-28-30-32-35-38-41-44-47-53(56)59-50-51(49-58-52(55)46-43-40-37-34-31-21-18-15-12-9-6-3)60-54(57)48-45-42-39-36-33-29-25-23-20-17-14-11-8-5-2/h14,16-17,19,23-26,51H,4-13,15,18,20-22,27-50H2,1-3H3/b17-14-,19-16-,25-23-,26-24-. The van der Waals surface area contributed by atoms with Crippen LogP contribution in [0, 0.1) is 0 Å². The Morgan fingerprint density at radius 2 is 0.617 bits per heavy atom. The molecular formula is C54H96O6. The molecule has 0 aromatic heterocycles. The largest absolute Gasteiger partial charge is 0.462 e. The monoisotopic (exact) mass is 841 g/mol. The smallest absolute Gasteiger partial charge is 0.306 e. The van der Waals surface area contributed by atoms with Crippen molar-refractivity contribution in [2.24, 2.45) is 0 Å². The first-order chi connectivity index (χ1) is 29.5. The zero-order valence-corrected chi connectivity index (χ0v) is 39.7. The summed E-state index contributed by atoms with van der Waals surface area (Å²) >= 11 is 0. The van der Waals surface area contributed by atoms with Gasteiger partial charge in [-0.2, -0.15) is 0 Å². The second kappa shape index (κ2) is 49.0. The molecule has 1 unspecified atom stereocenters. The van der Waals surface area contributed by atoms with Crippen molar-refractivity contribution in [2.75, 3.05) is 13.2 Å². The summed E-state index contributed by atoms with van der Waals surface area (Å²) in [6.45, 7) is 6.56. The summed E-state index contributed by atoms with van der Waals surface area (Å²) in [5.41, 5.74) is 0. The highest BCUT2D eigenvalue weighted by atomic mass is 16.6. The number of hydrogen-bond donors (Lipinski definition) is 0. The Balaban J connectivity index is 4.37. The van der Waals surface area contributed by atoms with Crippen molar-refractivity contribution in [1.29, 1.82) is 0 Å². The van der Waals surface area contributed by atoms with Crippen LogP contribution in [0.4, 0.5) is 0 Å². The van der Waals surface area contributed by atoms with E-state index < -0.39 is 6.10 Å². The summed E-state index contributed by atoms with van der Waals surface area (Å²) in [5.74, 6) is -0.896. The minimum absolute atomic E-state index is 0.0795. The lowest BCUT2D eigenvalue weighted by molar-refractivity contribution is -0.167. The number of ether oxygens (including phenoxy) is 3. The van der Waals surface area contributed by atoms with Gasteiger partial charge in [0.2, 0.25) is 0 Å². The Bertz CT molecular complexity index is 1060. The summed E-state index contributed by atoms with van der Waals surface area (Å²) in [6.07, 6.45) is 58.0. The van der Waals surface area contributed by atoms with Gasteiger partial charge in [0.1, 0.15) is 13.2 Å². The number of carbonyl (C=O) groups is 3. The van der Waals surface area contributed by atoms with E-state index in [0.29, 0.717) is 19.3 Å². The third kappa shape index (κ3) is 46.4. The second-order valence-electron chi connectivity index (χ2n) is 17.1. The van der Waals surface area contributed by atoms with E-state index in [2.05, 4.69) is 69.4 Å². The lowest BCUT2D eigenvalue weighted by Crippen LogP contribution is -2.30. The molecule has 0 bridgehead atoms. The predicted molar refractivity (Wildman–Crippen MR) is 256 cm³/mol. The molecule has 0 rings (SSSR count). The molecule has 0 spiro atoms. The summed E-state index contributed by atoms with van der Waals surface area (Å²) in [6, 6.07) is 0. The van der Waals surface area contributed by atoms with E-state index >= 15 is 0 Å². The van der Waals surface area contributed by atoms with Gasteiger partial charge in [0.15, 0.2) is 6.10 Å². The molecule has 0 aliphatic rings. The van der Waals surface area contributed by atoms with E-state index in [-0.39, 0.29) is 31.1 Å². The summed E-state index contributed by atoms with van der Waals surface area (Å²) in [5, 5.41) is 0. The van der Waals surface area contributed by atoms with E-state index in [1.54, 1.807) is 0 Å². The number of carbonyl (C=O) groups excluding carboxylic acids is 3. The average molecular weight is 841 g/mol. The van der Waals surface area contributed by atoms with Crippen molar-refractivity contribution in [1.82, 2.24) is 0 Å². The highest BCUT2D eigenvalue weighted by molar-refractivity contribution is 5.71. The van der Waals surface area contributed by atoms with Crippen molar-refractivity contribution < 1.29 is 28.6 Å². The van der Waals surface area contributed by atoms with Gasteiger partial charge < -0.3 is 14.2 Å². The van der Waals surface area contributed by atoms with Crippen LogP contribution in [0.25, 0.3) is 0 Å². The van der Waals surface area contributed by atoms with Gasteiger partial charge in [0.05, 0.1) is 0 Å². The molecule has 0 N–H and O–H groups in total. The highest BCUT2D eigenvalue weighted by Gasteiger charge is 2.19. The zero-order chi connectivity index (χ0) is 43.7. The van der Waals surface area contributed by atoms with Crippen LogP contribution in [0.3, 0.4) is 0 Å². The topological polar surface area (TPSA) is 78.9 Å². The molecular weight excluding hydrogens is 745 g/mol. The van der Waals surface area contributed by atoms with Crippen molar-refractivity contribution >= 4 is 17.9 Å². The number of hydrogen-bond acceptors (Lipinski definition) is 6. The second-order valence-corrected chi connectivity index (χ2v) is 17.1. The van der Waals surface area contributed by atoms with Crippen LogP contribution in [-0.4, -0.2) is 37.2 Å². The number of allylic oxidation sites excluding steroid dienone is 8. The fourth-order valence-corrected chi connectivity index (χ4v) is 7.14. The molecule has 0 aromatic carbocycles. The Hall–Kier alpha value is -2.63. The SMILES string of the molecule is CCCC/C=C\C/C=C\CCCCCCCC(=O)OC(COC(=O)CCCCCCCCC/C=C\C/C=C\CCCCC)COC(=O)CCCCCCCCCCCCC. The Morgan fingerprint density at radius 3 is 1.00 bits per heavy atom. The molecule has 6 nitrogen and oxygen atoms in total. The Labute approximate surface area is 371 Å². The molecule has 0 aliphatic heterocycles. The van der Waals surface area contributed by atoms with Gasteiger partial charge in [0, 0.05) is 19.3 Å². The Kier molecular flexibility index (Phi) is 46.9. The number of esters is 3. The maximum Gasteiger partial charge on any atom is 0.306 e. The van der Waals surface area contributed by atoms with Crippen LogP contribution in [0.5, 0.6) is 0 Å². The van der Waals surface area contributed by atoms with Crippen LogP contribution in [-0.2, 0) is 28.6 Å². The first-order valence-electron chi connectivity index (χ1n) is 25.6. The van der Waals surface area contributed by atoms with Gasteiger partial charge in [-0.1, -0.05) is 211 Å². The molecule has 6 heteroatoms. The van der Waals surface area contributed by atoms with Gasteiger partial charge in [-0.05, 0) is 77.0 Å². The van der Waals surface area contributed by atoms with Crippen LogP contribution in [0.2, 0.25) is 0 Å². The lowest BCUT2D eigenvalue weighted by atomic mass is 10.1. The Morgan fingerprint density at radius 1 is 0.333 bits per heavy atom. The van der Waals surface area contributed by atoms with Gasteiger partial charge in [-0.25, -0.2) is 0 Å². The molecule has 1 atom stereocenters. The average Bonchev–Trinajstić information content (AvgIpc) is 3.24. The number of unbranched alkanes of at least 4 members (excludes halogenated alkanes) is 27. The molecule has 0 saturated heterocycles. The molecule has 0 aromatic rings. The van der Waals surface area contributed by atoms with Gasteiger partial charge >= 0.3 is 17.9 Å². The van der Waals surface area contributed by atoms with E-state index in [4.69, 9.17) is 14.2 Å². The van der Waals surface area contributed by atoms with Crippen LogP contribution in [0.1, 0.15) is 258 Å². The van der Waals surface area contributed by atoms with Crippen LogP contribution >= 0.6 is 0 Å². The van der Waals surface area contributed by atoms with Gasteiger partial charge in [0.25, 0.3) is 0 Å². The number of rotatable bonds is 46. The molecule has 0 fully saturated rings. The molecule has 0 radical (unpaired) electrons. The first-order valence-corrected chi connectivity index (χ1v) is 25.6. The lowest BCUT2D eigenvalue weighted by Gasteiger charge is -2.18. The summed E-state index contributed by atoms with van der Waals surface area (Å²) in [7, 11) is 0. The normalized spacial score (nSPS) is 12.4. The molecule has 0 amide bonds. The fourth-order valence-electron chi connectivity index (χ4n) is 7.14. The van der Waals surface area contributed by atoms with Gasteiger partial charge in [-0.3, -0.25) is 14.4 Å². The minimum atomic E-state index is -0.780. The fraction of sp³-hybridized carbons (Fsp3) is 0.796. The van der Waals surface area contributed by atoms with Crippen molar-refractivity contribution in [3.8, 4) is 0 Å². The third-order valence-corrected chi connectivity index (χ3v) is 11.1. The summed E-state index contributed by atoms with van der Waals surface area (Å²) in [4.78, 5) is 37.9. The van der Waals surface area contributed by atoms with Crippen LogP contribution in [0.15, 0.2) is 48.6 Å². The quantitative estimate of drug-likeness (QED) is 0.0263. The molecule has 0 aliphatic carbocycles. The highest BCUT2D eigenvalue weighted by Crippen LogP contribution is 2.15. The maximum absolute atomic E-state index is 12.8. The molecule has 60 heavy (non-hydrogen) atoms. The zero-order valence-electron chi connectivity index (χ0n) is 39.7. The predicted octanol–water partition coefficient (Wildman–Crippen LogP) is 16.7. The van der Waals surface area contributed by atoms with E-state index in [1.165, 1.54) is 122 Å². The molecule has 0 heterocycles. The maximum atomic E-state index is 12.8. The van der Waals surface area contributed by atoms with Crippen LogP contribution < -0.4 is 0 Å². The van der Waals surface area contributed by atoms with E-state index in [1.807, 2.05) is 0 Å². The minimum Gasteiger partial charge on any atom is -0.462 e.